The van der Waals surface area contributed by atoms with Crippen LogP contribution in [-0.2, 0) is 9.53 Å². The molecule has 0 spiro atoms. The molecule has 2 aromatic rings. The van der Waals surface area contributed by atoms with Crippen LogP contribution in [0.5, 0.6) is 0 Å². The summed E-state index contributed by atoms with van der Waals surface area (Å²) < 4.78 is 5.19. The van der Waals surface area contributed by atoms with E-state index in [0.29, 0.717) is 16.9 Å². The van der Waals surface area contributed by atoms with Gasteiger partial charge in [0.2, 0.25) is 5.91 Å². The van der Waals surface area contributed by atoms with Crippen LogP contribution in [0, 0.1) is 0 Å². The number of nitrogen functional groups attached to an aromatic ring is 1. The lowest BCUT2D eigenvalue weighted by molar-refractivity contribution is -0.116. The SMILES string of the molecule is CN(CCC(=O)Nc1ccccc1C(N)=O)C(=O)OC(C)(C)C.NC(=O)c1ccccc1N. The predicted octanol–water partition coefficient (Wildman–Crippen LogP) is 2.35. The van der Waals surface area contributed by atoms with Crippen molar-refractivity contribution in [2.45, 2.75) is 32.8 Å². The largest absolute Gasteiger partial charge is 0.444 e. The summed E-state index contributed by atoms with van der Waals surface area (Å²) in [7, 11) is 1.55. The molecule has 33 heavy (non-hydrogen) atoms. The fourth-order valence-electron chi connectivity index (χ4n) is 2.44. The van der Waals surface area contributed by atoms with Gasteiger partial charge in [-0.2, -0.15) is 0 Å². The lowest BCUT2D eigenvalue weighted by atomic mass is 10.1. The number of nitrogens with zero attached hydrogens (tertiary/aromatic N) is 1. The Bertz CT molecular complexity index is 1000. The number of para-hydroxylation sites is 2. The van der Waals surface area contributed by atoms with E-state index in [0.717, 1.165) is 0 Å². The first kappa shape index (κ1) is 27.0. The third kappa shape index (κ3) is 9.72. The van der Waals surface area contributed by atoms with Gasteiger partial charge in [0, 0.05) is 25.7 Å². The molecule has 0 radical (unpaired) electrons. The highest BCUT2D eigenvalue weighted by molar-refractivity contribution is 6.03. The number of nitrogens with one attached hydrogen (secondary N) is 1. The van der Waals surface area contributed by atoms with E-state index in [9.17, 15) is 19.2 Å². The molecule has 4 amide bonds. The van der Waals surface area contributed by atoms with Crippen molar-refractivity contribution in [3.8, 4) is 0 Å². The van der Waals surface area contributed by atoms with Crippen LogP contribution < -0.4 is 22.5 Å². The number of benzene rings is 2. The molecule has 0 heterocycles. The molecule has 2 rings (SSSR count). The van der Waals surface area contributed by atoms with Gasteiger partial charge in [-0.25, -0.2) is 4.79 Å². The van der Waals surface area contributed by atoms with Crippen molar-refractivity contribution < 1.29 is 23.9 Å². The molecular weight excluding hydrogens is 426 g/mol. The number of primary amides is 2. The Morgan fingerprint density at radius 1 is 0.909 bits per heavy atom. The number of carbonyl (C=O) groups excluding carboxylic acids is 4. The highest BCUT2D eigenvalue weighted by Gasteiger charge is 2.20. The Morgan fingerprint density at radius 2 is 1.42 bits per heavy atom. The fourth-order valence-corrected chi connectivity index (χ4v) is 2.44. The highest BCUT2D eigenvalue weighted by atomic mass is 16.6. The minimum absolute atomic E-state index is 0.0723. The van der Waals surface area contributed by atoms with E-state index in [2.05, 4.69) is 5.32 Å². The molecule has 7 N–H and O–H groups in total. The highest BCUT2D eigenvalue weighted by Crippen LogP contribution is 2.15. The van der Waals surface area contributed by atoms with Gasteiger partial charge in [0.15, 0.2) is 0 Å². The van der Waals surface area contributed by atoms with E-state index < -0.39 is 23.5 Å². The first-order valence-corrected chi connectivity index (χ1v) is 10.1. The summed E-state index contributed by atoms with van der Waals surface area (Å²) >= 11 is 0. The normalized spacial score (nSPS) is 10.3. The van der Waals surface area contributed by atoms with Gasteiger partial charge in [0.25, 0.3) is 11.8 Å². The maximum absolute atomic E-state index is 12.0. The summed E-state index contributed by atoms with van der Waals surface area (Å²) in [5.41, 5.74) is 16.5. The molecule has 0 aliphatic heterocycles. The van der Waals surface area contributed by atoms with Crippen molar-refractivity contribution in [3.63, 3.8) is 0 Å². The number of ether oxygens (including phenoxy) is 1. The molecule has 0 saturated heterocycles. The number of hydrogen-bond acceptors (Lipinski definition) is 6. The number of anilines is 2. The van der Waals surface area contributed by atoms with Gasteiger partial charge in [-0.05, 0) is 45.0 Å². The molecule has 0 bridgehead atoms. The second kappa shape index (κ2) is 12.1. The van der Waals surface area contributed by atoms with Gasteiger partial charge in [-0.15, -0.1) is 0 Å². The first-order chi connectivity index (χ1) is 15.3. The smallest absolute Gasteiger partial charge is 0.410 e. The van der Waals surface area contributed by atoms with Crippen molar-refractivity contribution in [1.29, 1.82) is 0 Å². The Kier molecular flexibility index (Phi) is 9.87. The Labute approximate surface area is 193 Å². The molecule has 0 aliphatic carbocycles. The minimum atomic E-state index is -0.619. The number of nitrogens with two attached hydrogens (primary N) is 3. The number of carbonyl (C=O) groups is 4. The van der Waals surface area contributed by atoms with Crippen LogP contribution in [-0.4, -0.2) is 47.9 Å². The summed E-state index contributed by atoms with van der Waals surface area (Å²) in [6.45, 7) is 5.50. The number of amides is 4. The van der Waals surface area contributed by atoms with E-state index in [4.69, 9.17) is 21.9 Å². The van der Waals surface area contributed by atoms with Crippen molar-refractivity contribution in [2.75, 3.05) is 24.6 Å². The average Bonchev–Trinajstić information content (AvgIpc) is 2.71. The monoisotopic (exact) mass is 457 g/mol. The second-order valence-corrected chi connectivity index (χ2v) is 8.06. The topological polar surface area (TPSA) is 171 Å². The van der Waals surface area contributed by atoms with Crippen LogP contribution in [0.3, 0.4) is 0 Å². The van der Waals surface area contributed by atoms with Crippen LogP contribution in [0.15, 0.2) is 48.5 Å². The first-order valence-electron chi connectivity index (χ1n) is 10.1. The third-order valence-electron chi connectivity index (χ3n) is 4.07. The van der Waals surface area contributed by atoms with Gasteiger partial charge in [-0.3, -0.25) is 14.4 Å². The third-order valence-corrected chi connectivity index (χ3v) is 4.07. The maximum Gasteiger partial charge on any atom is 0.410 e. The molecule has 178 valence electrons. The lowest BCUT2D eigenvalue weighted by Crippen LogP contribution is -2.35. The van der Waals surface area contributed by atoms with E-state index in [-0.39, 0.29) is 24.4 Å². The van der Waals surface area contributed by atoms with Crippen LogP contribution in [0.1, 0.15) is 47.9 Å². The van der Waals surface area contributed by atoms with Crippen LogP contribution in [0.2, 0.25) is 0 Å². The van der Waals surface area contributed by atoms with Crippen LogP contribution in [0.4, 0.5) is 16.2 Å². The fraction of sp³-hybridized carbons (Fsp3) is 0.304. The van der Waals surface area contributed by atoms with E-state index in [1.54, 1.807) is 70.3 Å². The van der Waals surface area contributed by atoms with Crippen molar-refractivity contribution in [2.24, 2.45) is 11.5 Å². The minimum Gasteiger partial charge on any atom is -0.444 e. The predicted molar refractivity (Wildman–Crippen MR) is 126 cm³/mol. The standard InChI is InChI=1S/C16H23N3O4.C7H8N2O/c1-16(2,3)23-15(22)19(4)10-9-13(20)18-12-8-6-5-7-11(12)14(17)21;8-6-4-2-1-3-5(6)7(9)10/h5-8H,9-10H2,1-4H3,(H2,17,21)(H,18,20);1-4H,8H2,(H2,9,10). The van der Waals surface area contributed by atoms with E-state index >= 15 is 0 Å². The van der Waals surface area contributed by atoms with Crippen molar-refractivity contribution in [3.05, 3.63) is 59.7 Å². The molecule has 0 aromatic heterocycles. The zero-order valence-corrected chi connectivity index (χ0v) is 19.3. The zero-order chi connectivity index (χ0) is 25.2. The second-order valence-electron chi connectivity index (χ2n) is 8.06. The molecule has 0 saturated carbocycles. The molecular formula is C23H31N5O5. The molecule has 0 aliphatic rings. The summed E-state index contributed by atoms with van der Waals surface area (Å²) in [5, 5.41) is 2.62. The van der Waals surface area contributed by atoms with Gasteiger partial charge >= 0.3 is 6.09 Å². The molecule has 0 unspecified atom stereocenters. The molecule has 0 atom stereocenters. The van der Waals surface area contributed by atoms with Crippen molar-refractivity contribution >= 4 is 35.2 Å². The molecule has 0 fully saturated rings. The Balaban J connectivity index is 0.000000451. The number of rotatable bonds is 6. The Morgan fingerprint density at radius 3 is 1.91 bits per heavy atom. The van der Waals surface area contributed by atoms with Gasteiger partial charge < -0.3 is 32.2 Å². The quantitative estimate of drug-likeness (QED) is 0.485. The average molecular weight is 458 g/mol. The van der Waals surface area contributed by atoms with E-state index in [1.807, 2.05) is 0 Å². The van der Waals surface area contributed by atoms with Gasteiger partial charge in [0.1, 0.15) is 5.60 Å². The van der Waals surface area contributed by atoms with Crippen molar-refractivity contribution in [1.82, 2.24) is 4.90 Å². The summed E-state index contributed by atoms with van der Waals surface area (Å²) in [6.07, 6.45) is -0.425. The van der Waals surface area contributed by atoms with E-state index in [1.165, 1.54) is 11.0 Å². The summed E-state index contributed by atoms with van der Waals surface area (Å²) in [6, 6.07) is 13.2. The summed E-state index contributed by atoms with van der Waals surface area (Å²) in [5.74, 6) is -1.43. The zero-order valence-electron chi connectivity index (χ0n) is 19.3. The van der Waals surface area contributed by atoms with Gasteiger partial charge in [0.05, 0.1) is 16.8 Å². The lowest BCUT2D eigenvalue weighted by Gasteiger charge is -2.24. The number of hydrogen-bond donors (Lipinski definition) is 4. The molecule has 10 heteroatoms. The Hall–Kier alpha value is -4.08. The molecule has 10 nitrogen and oxygen atoms in total. The van der Waals surface area contributed by atoms with Crippen LogP contribution >= 0.6 is 0 Å². The molecule has 2 aromatic carbocycles. The maximum atomic E-state index is 12.0. The van der Waals surface area contributed by atoms with Gasteiger partial charge in [-0.1, -0.05) is 24.3 Å². The van der Waals surface area contributed by atoms with Crippen LogP contribution in [0.25, 0.3) is 0 Å². The summed E-state index contributed by atoms with van der Waals surface area (Å²) in [4.78, 5) is 46.9.